The minimum absolute atomic E-state index is 0.0717. The van der Waals surface area contributed by atoms with Gasteiger partial charge in [-0.3, -0.25) is 9.59 Å². The first-order chi connectivity index (χ1) is 11.4. The number of rotatable bonds is 5. The molecule has 0 radical (unpaired) electrons. The zero-order valence-corrected chi connectivity index (χ0v) is 15.3. The number of halogens is 1. The molecule has 24 heavy (non-hydrogen) atoms. The molecular formula is C18H19BrN2O3. The Morgan fingerprint density at radius 3 is 2.29 bits per heavy atom. The molecule has 0 saturated heterocycles. The normalized spacial score (nSPS) is 10.4. The summed E-state index contributed by atoms with van der Waals surface area (Å²) in [5.41, 5.74) is 1.75. The van der Waals surface area contributed by atoms with Crippen molar-refractivity contribution in [1.82, 2.24) is 0 Å². The number of carbonyl (C=O) groups excluding carboxylic acids is 2. The Kier molecular flexibility index (Phi) is 5.98. The molecular weight excluding hydrogens is 372 g/mol. The lowest BCUT2D eigenvalue weighted by Gasteiger charge is -2.11. The Bertz CT molecular complexity index is 760. The maximum Gasteiger partial charge on any atom is 0.255 e. The van der Waals surface area contributed by atoms with Crippen LogP contribution in [0.1, 0.15) is 24.2 Å². The molecule has 2 rings (SSSR count). The zero-order chi connectivity index (χ0) is 17.7. The van der Waals surface area contributed by atoms with Gasteiger partial charge < -0.3 is 15.4 Å². The quantitative estimate of drug-likeness (QED) is 0.799. The van der Waals surface area contributed by atoms with E-state index < -0.39 is 0 Å². The molecule has 0 fully saturated rings. The molecule has 0 heterocycles. The van der Waals surface area contributed by atoms with Crippen LogP contribution in [0.25, 0.3) is 0 Å². The Morgan fingerprint density at radius 1 is 1.04 bits per heavy atom. The molecule has 0 spiro atoms. The van der Waals surface area contributed by atoms with Crippen molar-refractivity contribution in [3.8, 4) is 5.75 Å². The summed E-state index contributed by atoms with van der Waals surface area (Å²) < 4.78 is 5.86. The predicted molar refractivity (Wildman–Crippen MR) is 98.6 cm³/mol. The van der Waals surface area contributed by atoms with Crippen LogP contribution in [0.3, 0.4) is 0 Å². The van der Waals surface area contributed by atoms with E-state index in [-0.39, 0.29) is 17.7 Å². The number of benzene rings is 2. The average molecular weight is 391 g/mol. The van der Waals surface area contributed by atoms with Gasteiger partial charge in [0.25, 0.3) is 5.91 Å². The summed E-state index contributed by atoms with van der Waals surface area (Å²) in [5, 5.41) is 5.62. The number of hydrogen-bond donors (Lipinski definition) is 2. The van der Waals surface area contributed by atoms with Crippen molar-refractivity contribution in [3.05, 3.63) is 52.5 Å². The van der Waals surface area contributed by atoms with Gasteiger partial charge in [0.1, 0.15) is 5.75 Å². The van der Waals surface area contributed by atoms with Crippen molar-refractivity contribution in [2.45, 2.75) is 13.8 Å². The van der Waals surface area contributed by atoms with E-state index in [9.17, 15) is 9.59 Å². The molecule has 2 aromatic carbocycles. The van der Waals surface area contributed by atoms with Gasteiger partial charge in [0.15, 0.2) is 0 Å². The molecule has 2 aromatic rings. The van der Waals surface area contributed by atoms with Gasteiger partial charge in [0.05, 0.1) is 11.6 Å². The maximum absolute atomic E-state index is 12.3. The van der Waals surface area contributed by atoms with Crippen molar-refractivity contribution < 1.29 is 14.3 Å². The van der Waals surface area contributed by atoms with E-state index in [0.717, 1.165) is 0 Å². The minimum atomic E-state index is -0.245. The summed E-state index contributed by atoms with van der Waals surface area (Å²) in [7, 11) is 1.57. The molecule has 0 saturated carbocycles. The second-order valence-electron chi connectivity index (χ2n) is 5.53. The number of nitrogens with one attached hydrogen (secondary N) is 2. The summed E-state index contributed by atoms with van der Waals surface area (Å²) in [6.07, 6.45) is 0. The van der Waals surface area contributed by atoms with Crippen molar-refractivity contribution in [3.63, 3.8) is 0 Å². The van der Waals surface area contributed by atoms with Gasteiger partial charge >= 0.3 is 0 Å². The number of anilines is 2. The summed E-state index contributed by atoms with van der Waals surface area (Å²) in [6.45, 7) is 3.64. The first-order valence-electron chi connectivity index (χ1n) is 7.46. The van der Waals surface area contributed by atoms with Crippen LogP contribution in [0.4, 0.5) is 11.4 Å². The highest BCUT2D eigenvalue weighted by molar-refractivity contribution is 9.10. The number of carbonyl (C=O) groups is 2. The molecule has 5 nitrogen and oxygen atoms in total. The summed E-state index contributed by atoms with van der Waals surface area (Å²) >= 11 is 3.36. The summed E-state index contributed by atoms with van der Waals surface area (Å²) in [4.78, 5) is 24.1. The Morgan fingerprint density at radius 2 is 1.71 bits per heavy atom. The van der Waals surface area contributed by atoms with Gasteiger partial charge in [-0.05, 0) is 52.3 Å². The number of ether oxygens (including phenoxy) is 1. The fourth-order valence-electron chi connectivity index (χ4n) is 1.97. The van der Waals surface area contributed by atoms with Crippen LogP contribution in [-0.2, 0) is 4.79 Å². The molecule has 0 unspecified atom stereocenters. The smallest absolute Gasteiger partial charge is 0.255 e. The van der Waals surface area contributed by atoms with Crippen LogP contribution in [-0.4, -0.2) is 18.9 Å². The Labute approximate surface area is 149 Å². The number of methoxy groups -OCH3 is 1. The highest BCUT2D eigenvalue weighted by Crippen LogP contribution is 2.26. The largest absolute Gasteiger partial charge is 0.496 e. The first kappa shape index (κ1) is 18.0. The van der Waals surface area contributed by atoms with Crippen molar-refractivity contribution >= 4 is 39.1 Å². The van der Waals surface area contributed by atoms with E-state index >= 15 is 0 Å². The molecule has 0 atom stereocenters. The molecule has 6 heteroatoms. The monoisotopic (exact) mass is 390 g/mol. The van der Waals surface area contributed by atoms with E-state index in [1.807, 2.05) is 13.8 Å². The zero-order valence-electron chi connectivity index (χ0n) is 13.7. The van der Waals surface area contributed by atoms with Crippen molar-refractivity contribution in [2.75, 3.05) is 17.7 Å². The second kappa shape index (κ2) is 7.97. The van der Waals surface area contributed by atoms with Gasteiger partial charge in [-0.1, -0.05) is 19.9 Å². The number of hydrogen-bond acceptors (Lipinski definition) is 3. The molecule has 2 amide bonds. The first-order valence-corrected chi connectivity index (χ1v) is 8.26. The van der Waals surface area contributed by atoms with E-state index in [4.69, 9.17) is 4.74 Å². The van der Waals surface area contributed by atoms with E-state index in [2.05, 4.69) is 26.6 Å². The molecule has 0 bridgehead atoms. The van der Waals surface area contributed by atoms with Crippen LogP contribution in [0.5, 0.6) is 5.75 Å². The molecule has 0 aliphatic carbocycles. The van der Waals surface area contributed by atoms with Crippen molar-refractivity contribution in [1.29, 1.82) is 0 Å². The standard InChI is InChI=1S/C18H19BrN2O3/c1-11(2)17(22)20-13-5-4-6-14(10-13)21-18(23)12-7-8-16(24-3)15(19)9-12/h4-11H,1-3H3,(H,20,22)(H,21,23). The fraction of sp³-hybridized carbons (Fsp3) is 0.222. The van der Waals surface area contributed by atoms with E-state index in [1.165, 1.54) is 0 Å². The second-order valence-corrected chi connectivity index (χ2v) is 6.38. The lowest BCUT2D eigenvalue weighted by molar-refractivity contribution is -0.118. The predicted octanol–water partition coefficient (Wildman–Crippen LogP) is 4.30. The van der Waals surface area contributed by atoms with Crippen LogP contribution in [0.2, 0.25) is 0 Å². The van der Waals surface area contributed by atoms with Crippen LogP contribution >= 0.6 is 15.9 Å². The van der Waals surface area contributed by atoms with Gasteiger partial charge in [0.2, 0.25) is 5.91 Å². The molecule has 2 N–H and O–H groups in total. The van der Waals surface area contributed by atoms with Crippen LogP contribution < -0.4 is 15.4 Å². The maximum atomic E-state index is 12.3. The van der Waals surface area contributed by atoms with E-state index in [0.29, 0.717) is 27.2 Å². The SMILES string of the molecule is COc1ccc(C(=O)Nc2cccc(NC(=O)C(C)C)c2)cc1Br. The van der Waals surface area contributed by atoms with Crippen LogP contribution in [0.15, 0.2) is 46.9 Å². The Balaban J connectivity index is 2.11. The van der Waals surface area contributed by atoms with Crippen LogP contribution in [0, 0.1) is 5.92 Å². The summed E-state index contributed by atoms with van der Waals surface area (Å²) in [5.74, 6) is 0.230. The van der Waals surface area contributed by atoms with Crippen molar-refractivity contribution in [2.24, 2.45) is 5.92 Å². The molecule has 0 aromatic heterocycles. The van der Waals surface area contributed by atoms with Gasteiger partial charge in [-0.2, -0.15) is 0 Å². The molecule has 126 valence electrons. The Hall–Kier alpha value is -2.34. The highest BCUT2D eigenvalue weighted by atomic mass is 79.9. The van der Waals surface area contributed by atoms with Gasteiger partial charge in [-0.25, -0.2) is 0 Å². The van der Waals surface area contributed by atoms with E-state index in [1.54, 1.807) is 49.6 Å². The van der Waals surface area contributed by atoms with Gasteiger partial charge in [-0.15, -0.1) is 0 Å². The summed E-state index contributed by atoms with van der Waals surface area (Å²) in [6, 6.07) is 12.1. The van der Waals surface area contributed by atoms with Gasteiger partial charge in [0, 0.05) is 22.9 Å². The molecule has 0 aliphatic heterocycles. The topological polar surface area (TPSA) is 67.4 Å². The third kappa shape index (κ3) is 4.58. The molecule has 0 aliphatic rings. The third-order valence-corrected chi connectivity index (χ3v) is 3.95. The lowest BCUT2D eigenvalue weighted by Crippen LogP contribution is -2.18. The minimum Gasteiger partial charge on any atom is -0.496 e. The lowest BCUT2D eigenvalue weighted by atomic mass is 10.2. The average Bonchev–Trinajstić information content (AvgIpc) is 2.54. The fourth-order valence-corrected chi connectivity index (χ4v) is 2.51. The highest BCUT2D eigenvalue weighted by Gasteiger charge is 2.11. The third-order valence-electron chi connectivity index (χ3n) is 3.33. The number of amides is 2.